The summed E-state index contributed by atoms with van der Waals surface area (Å²) in [7, 11) is -3.67. The summed E-state index contributed by atoms with van der Waals surface area (Å²) in [5.74, 6) is 0. The molecule has 0 fully saturated rings. The average molecular weight is 348 g/mol. The van der Waals surface area contributed by atoms with Gasteiger partial charge in [-0.05, 0) is 34.1 Å². The Labute approximate surface area is 117 Å². The predicted octanol–water partition coefficient (Wildman–Crippen LogP) is 2.17. The van der Waals surface area contributed by atoms with E-state index in [1.54, 1.807) is 11.6 Å². The number of sulfonamides is 1. The second-order valence-corrected chi connectivity index (χ2v) is 6.65. The van der Waals surface area contributed by atoms with Gasteiger partial charge in [0.2, 0.25) is 10.0 Å². The first-order valence-electron chi connectivity index (χ1n) is 4.90. The van der Waals surface area contributed by atoms with Crippen molar-refractivity contribution in [3.8, 4) is 0 Å². The van der Waals surface area contributed by atoms with E-state index < -0.39 is 10.0 Å². The quantitative estimate of drug-likeness (QED) is 0.887. The van der Waals surface area contributed by atoms with Crippen molar-refractivity contribution in [1.82, 2.24) is 4.98 Å². The van der Waals surface area contributed by atoms with Gasteiger partial charge in [0.1, 0.15) is 0 Å². The van der Waals surface area contributed by atoms with Crippen molar-refractivity contribution >= 4 is 43.0 Å². The molecule has 1 heterocycles. The lowest BCUT2D eigenvalue weighted by molar-refractivity contribution is 0.598. The zero-order valence-electron chi connectivity index (χ0n) is 9.13. The summed E-state index contributed by atoms with van der Waals surface area (Å²) in [5.41, 5.74) is 3.48. The summed E-state index contributed by atoms with van der Waals surface area (Å²) >= 11 is 4.83. The summed E-state index contributed by atoms with van der Waals surface area (Å²) in [5, 5.41) is 10.1. The Morgan fingerprint density at radius 2 is 2.22 bits per heavy atom. The van der Waals surface area contributed by atoms with Crippen LogP contribution in [0.15, 0.2) is 38.5 Å². The molecule has 0 aliphatic heterocycles. The van der Waals surface area contributed by atoms with Gasteiger partial charge >= 0.3 is 0 Å². The van der Waals surface area contributed by atoms with Crippen LogP contribution in [0, 0.1) is 0 Å². The van der Waals surface area contributed by atoms with E-state index in [2.05, 4.69) is 26.2 Å². The van der Waals surface area contributed by atoms with E-state index in [1.807, 2.05) is 5.38 Å². The number of thiazole rings is 1. The molecule has 0 saturated carbocycles. The molecule has 1 aromatic heterocycles. The number of nitrogens with zero attached hydrogens (tertiary/aromatic N) is 1. The monoisotopic (exact) mass is 347 g/mol. The lowest BCUT2D eigenvalue weighted by Gasteiger charge is -2.08. The van der Waals surface area contributed by atoms with Crippen LogP contribution in [0.2, 0.25) is 0 Å². The predicted molar refractivity (Wildman–Crippen MR) is 75.0 cm³/mol. The molecule has 2 aromatic rings. The molecule has 5 nitrogen and oxygen atoms in total. The van der Waals surface area contributed by atoms with E-state index in [9.17, 15) is 8.42 Å². The van der Waals surface area contributed by atoms with Crippen LogP contribution in [-0.4, -0.2) is 13.4 Å². The fraction of sp³-hybridized carbons (Fsp3) is 0.100. The Morgan fingerprint density at radius 3 is 2.78 bits per heavy atom. The zero-order valence-corrected chi connectivity index (χ0v) is 12.3. The zero-order chi connectivity index (χ0) is 13.2. The van der Waals surface area contributed by atoms with E-state index in [0.717, 1.165) is 11.4 Å². The summed E-state index contributed by atoms with van der Waals surface area (Å²) in [6, 6.07) is 4.60. The maximum Gasteiger partial charge on any atom is 0.238 e. The van der Waals surface area contributed by atoms with E-state index in [4.69, 9.17) is 5.14 Å². The number of nitrogens with one attached hydrogen (secondary N) is 1. The first-order chi connectivity index (χ1) is 8.47. The minimum atomic E-state index is -3.67. The lowest BCUT2D eigenvalue weighted by atomic mass is 10.3. The minimum Gasteiger partial charge on any atom is -0.378 e. The molecule has 0 atom stereocenters. The lowest BCUT2D eigenvalue weighted by Crippen LogP contribution is -2.12. The maximum atomic E-state index is 11.2. The second kappa shape index (κ2) is 5.35. The molecule has 8 heteroatoms. The Kier molecular flexibility index (Phi) is 4.00. The fourth-order valence-electron chi connectivity index (χ4n) is 1.33. The number of hydrogen-bond acceptors (Lipinski definition) is 5. The van der Waals surface area contributed by atoms with Gasteiger partial charge in [-0.3, -0.25) is 0 Å². The van der Waals surface area contributed by atoms with E-state index in [-0.39, 0.29) is 4.90 Å². The summed E-state index contributed by atoms with van der Waals surface area (Å²) in [4.78, 5) is 4.22. The third-order valence-electron chi connectivity index (χ3n) is 2.21. The van der Waals surface area contributed by atoms with Crippen molar-refractivity contribution < 1.29 is 8.42 Å². The normalized spacial score (nSPS) is 11.4. The van der Waals surface area contributed by atoms with Crippen molar-refractivity contribution in [2.75, 3.05) is 5.32 Å². The molecule has 0 bridgehead atoms. The molecule has 2 rings (SSSR count). The molecular weight excluding hydrogens is 338 g/mol. The van der Waals surface area contributed by atoms with Crippen molar-refractivity contribution in [1.29, 1.82) is 0 Å². The van der Waals surface area contributed by atoms with Crippen LogP contribution < -0.4 is 10.5 Å². The van der Waals surface area contributed by atoms with E-state index in [1.165, 1.54) is 23.5 Å². The highest BCUT2D eigenvalue weighted by molar-refractivity contribution is 9.10. The molecule has 0 spiro atoms. The van der Waals surface area contributed by atoms with Crippen LogP contribution in [0.4, 0.5) is 5.69 Å². The van der Waals surface area contributed by atoms with Crippen LogP contribution in [-0.2, 0) is 16.6 Å². The van der Waals surface area contributed by atoms with Crippen LogP contribution in [0.3, 0.4) is 0 Å². The number of aromatic nitrogens is 1. The van der Waals surface area contributed by atoms with Crippen molar-refractivity contribution in [3.05, 3.63) is 39.3 Å². The molecular formula is C10H10BrN3O2S2. The van der Waals surface area contributed by atoms with E-state index >= 15 is 0 Å². The highest BCUT2D eigenvalue weighted by atomic mass is 79.9. The highest BCUT2D eigenvalue weighted by Crippen LogP contribution is 2.25. The van der Waals surface area contributed by atoms with Gasteiger partial charge in [-0.2, -0.15) is 0 Å². The van der Waals surface area contributed by atoms with Gasteiger partial charge in [0.15, 0.2) is 0 Å². The number of hydrogen-bond donors (Lipinski definition) is 2. The number of nitrogens with two attached hydrogens (primary N) is 1. The van der Waals surface area contributed by atoms with E-state index in [0.29, 0.717) is 11.0 Å². The standard InChI is InChI=1S/C10H10BrN3O2S2/c11-9-3-8(18(12,15)16)1-2-10(9)13-4-7-5-17-6-14-7/h1-3,5-6,13H,4H2,(H2,12,15,16). The van der Waals surface area contributed by atoms with Crippen molar-refractivity contribution in [3.63, 3.8) is 0 Å². The number of primary sulfonamides is 1. The Morgan fingerprint density at radius 1 is 1.44 bits per heavy atom. The maximum absolute atomic E-state index is 11.2. The topological polar surface area (TPSA) is 85.1 Å². The van der Waals surface area contributed by atoms with Gasteiger partial charge in [-0.25, -0.2) is 18.5 Å². The second-order valence-electron chi connectivity index (χ2n) is 3.52. The van der Waals surface area contributed by atoms with Gasteiger partial charge in [-0.1, -0.05) is 0 Å². The molecule has 0 saturated heterocycles. The molecule has 0 amide bonds. The minimum absolute atomic E-state index is 0.0774. The first kappa shape index (κ1) is 13.5. The van der Waals surface area contributed by atoms with Gasteiger partial charge in [0.05, 0.1) is 22.6 Å². The number of benzene rings is 1. The van der Waals surface area contributed by atoms with Crippen LogP contribution in [0.25, 0.3) is 0 Å². The molecule has 0 radical (unpaired) electrons. The van der Waals surface area contributed by atoms with Gasteiger partial charge in [0, 0.05) is 15.5 Å². The van der Waals surface area contributed by atoms with Crippen LogP contribution in [0.5, 0.6) is 0 Å². The van der Waals surface area contributed by atoms with Crippen molar-refractivity contribution in [2.45, 2.75) is 11.4 Å². The first-order valence-corrected chi connectivity index (χ1v) is 8.18. The smallest absolute Gasteiger partial charge is 0.238 e. The van der Waals surface area contributed by atoms with Gasteiger partial charge < -0.3 is 5.32 Å². The SMILES string of the molecule is NS(=O)(=O)c1ccc(NCc2cscn2)c(Br)c1. The Balaban J connectivity index is 2.15. The molecule has 3 N–H and O–H groups in total. The largest absolute Gasteiger partial charge is 0.378 e. The third kappa shape index (κ3) is 3.29. The van der Waals surface area contributed by atoms with Crippen LogP contribution >= 0.6 is 27.3 Å². The fourth-order valence-corrected chi connectivity index (χ4v) is 3.10. The molecule has 0 aliphatic carbocycles. The molecule has 0 unspecified atom stereocenters. The summed E-state index contributed by atoms with van der Waals surface area (Å²) in [6.07, 6.45) is 0. The molecule has 96 valence electrons. The number of anilines is 1. The highest BCUT2D eigenvalue weighted by Gasteiger charge is 2.10. The molecule has 0 aliphatic rings. The van der Waals surface area contributed by atoms with Gasteiger partial charge in [0.25, 0.3) is 0 Å². The molecule has 18 heavy (non-hydrogen) atoms. The number of halogens is 1. The number of rotatable bonds is 4. The molecule has 1 aromatic carbocycles. The summed E-state index contributed by atoms with van der Waals surface area (Å²) in [6.45, 7) is 0.580. The van der Waals surface area contributed by atoms with Crippen LogP contribution in [0.1, 0.15) is 5.69 Å². The van der Waals surface area contributed by atoms with Crippen molar-refractivity contribution in [2.24, 2.45) is 5.14 Å². The Bertz CT molecular complexity index is 641. The van der Waals surface area contributed by atoms with Gasteiger partial charge in [-0.15, -0.1) is 11.3 Å². The Hall–Kier alpha value is -0.960. The summed E-state index contributed by atoms with van der Waals surface area (Å²) < 4.78 is 23.0. The average Bonchev–Trinajstić information content (AvgIpc) is 2.79. The third-order valence-corrected chi connectivity index (χ3v) is 4.41.